The van der Waals surface area contributed by atoms with Crippen molar-refractivity contribution in [2.24, 2.45) is 5.10 Å². The summed E-state index contributed by atoms with van der Waals surface area (Å²) in [5.74, 6) is -1.88. The molecule has 4 rings (SSSR count). The van der Waals surface area contributed by atoms with Gasteiger partial charge in [-0.1, -0.05) is 48.5 Å². The molecule has 0 fully saturated rings. The molecule has 0 aliphatic rings. The van der Waals surface area contributed by atoms with E-state index in [0.717, 1.165) is 16.8 Å². The standard InChI is InChI=1S/C26H21F3N4O2/c1-16-14-19(17(2)33(16)23-13-6-5-11-21(23)26(27,28)29)15-30-32-25(35)24(34)31-22-12-7-9-18-8-3-4-10-20(18)22/h3-15H,1-2H3,(H,31,34)(H,32,35)/b30-15+. The first-order valence-electron chi connectivity index (χ1n) is 10.6. The Bertz CT molecular complexity index is 1450. The van der Waals surface area contributed by atoms with Gasteiger partial charge in [0, 0.05) is 28.0 Å². The van der Waals surface area contributed by atoms with Gasteiger partial charge in [0.25, 0.3) is 0 Å². The van der Waals surface area contributed by atoms with E-state index >= 15 is 0 Å². The largest absolute Gasteiger partial charge is 0.418 e. The average molecular weight is 478 g/mol. The van der Waals surface area contributed by atoms with Crippen molar-refractivity contribution in [1.82, 2.24) is 9.99 Å². The lowest BCUT2D eigenvalue weighted by molar-refractivity contribution is -0.137. The zero-order valence-corrected chi connectivity index (χ0v) is 18.9. The Kier molecular flexibility index (Phi) is 6.42. The Balaban J connectivity index is 1.50. The van der Waals surface area contributed by atoms with Crippen molar-refractivity contribution >= 4 is 34.5 Å². The molecule has 0 spiro atoms. The Morgan fingerprint density at radius 2 is 1.60 bits per heavy atom. The molecule has 0 saturated heterocycles. The number of aromatic nitrogens is 1. The van der Waals surface area contributed by atoms with Crippen LogP contribution in [0, 0.1) is 13.8 Å². The number of hydrogen-bond donors (Lipinski definition) is 2. The lowest BCUT2D eigenvalue weighted by Gasteiger charge is -2.16. The average Bonchev–Trinajstić information content (AvgIpc) is 3.11. The normalized spacial score (nSPS) is 11.7. The third kappa shape index (κ3) is 4.93. The highest BCUT2D eigenvalue weighted by Crippen LogP contribution is 2.35. The number of carbonyl (C=O) groups is 2. The van der Waals surface area contributed by atoms with E-state index in [1.54, 1.807) is 32.0 Å². The molecule has 1 heterocycles. The van der Waals surface area contributed by atoms with Crippen LogP contribution >= 0.6 is 0 Å². The maximum Gasteiger partial charge on any atom is 0.418 e. The number of fused-ring (bicyclic) bond motifs is 1. The molecule has 9 heteroatoms. The first-order valence-corrected chi connectivity index (χ1v) is 10.6. The van der Waals surface area contributed by atoms with Crippen molar-refractivity contribution in [3.8, 4) is 5.69 Å². The minimum atomic E-state index is -4.51. The van der Waals surface area contributed by atoms with Crippen LogP contribution in [0.3, 0.4) is 0 Å². The molecule has 35 heavy (non-hydrogen) atoms. The van der Waals surface area contributed by atoms with Gasteiger partial charge in [0.2, 0.25) is 0 Å². The first-order chi connectivity index (χ1) is 16.7. The lowest BCUT2D eigenvalue weighted by atomic mass is 10.1. The number of hydrogen-bond acceptors (Lipinski definition) is 3. The maximum atomic E-state index is 13.5. The Hall–Kier alpha value is -4.40. The molecule has 0 aliphatic carbocycles. The second-order valence-electron chi connectivity index (χ2n) is 7.86. The second kappa shape index (κ2) is 9.46. The number of anilines is 1. The predicted molar refractivity (Wildman–Crippen MR) is 129 cm³/mol. The number of alkyl halides is 3. The van der Waals surface area contributed by atoms with E-state index in [1.165, 1.54) is 29.0 Å². The van der Waals surface area contributed by atoms with Crippen LogP contribution in [0.5, 0.6) is 0 Å². The van der Waals surface area contributed by atoms with Crippen molar-refractivity contribution in [3.05, 3.63) is 95.3 Å². The van der Waals surface area contributed by atoms with E-state index in [9.17, 15) is 22.8 Å². The summed E-state index contributed by atoms with van der Waals surface area (Å²) in [6, 6.07) is 19.7. The van der Waals surface area contributed by atoms with E-state index in [2.05, 4.69) is 15.8 Å². The monoisotopic (exact) mass is 478 g/mol. The van der Waals surface area contributed by atoms with Gasteiger partial charge in [0.15, 0.2) is 0 Å². The highest BCUT2D eigenvalue weighted by molar-refractivity contribution is 6.40. The van der Waals surface area contributed by atoms with Crippen LogP contribution in [0.15, 0.2) is 77.9 Å². The molecular formula is C26H21F3N4O2. The second-order valence-corrected chi connectivity index (χ2v) is 7.86. The Labute approximate surface area is 199 Å². The van der Waals surface area contributed by atoms with Crippen molar-refractivity contribution in [2.45, 2.75) is 20.0 Å². The van der Waals surface area contributed by atoms with Crippen LogP contribution in [0.25, 0.3) is 16.5 Å². The predicted octanol–water partition coefficient (Wildman–Crippen LogP) is 5.35. The minimum Gasteiger partial charge on any atom is -0.317 e. The molecule has 0 aliphatic heterocycles. The van der Waals surface area contributed by atoms with E-state index in [-0.39, 0.29) is 5.69 Å². The van der Waals surface area contributed by atoms with Gasteiger partial charge in [0.1, 0.15) is 0 Å². The van der Waals surface area contributed by atoms with Gasteiger partial charge in [-0.3, -0.25) is 9.59 Å². The molecule has 6 nitrogen and oxygen atoms in total. The molecule has 0 bridgehead atoms. The molecule has 0 unspecified atom stereocenters. The molecule has 0 radical (unpaired) electrons. The molecule has 4 aromatic rings. The fourth-order valence-electron chi connectivity index (χ4n) is 3.92. The number of amides is 2. The summed E-state index contributed by atoms with van der Waals surface area (Å²) in [7, 11) is 0. The van der Waals surface area contributed by atoms with E-state index in [1.807, 2.05) is 30.3 Å². The highest BCUT2D eigenvalue weighted by atomic mass is 19.4. The molecule has 3 aromatic carbocycles. The van der Waals surface area contributed by atoms with Crippen LogP contribution < -0.4 is 10.7 Å². The van der Waals surface area contributed by atoms with Crippen LogP contribution in [-0.4, -0.2) is 22.6 Å². The number of para-hydroxylation sites is 1. The Morgan fingerprint density at radius 3 is 2.37 bits per heavy atom. The van der Waals surface area contributed by atoms with Gasteiger partial charge >= 0.3 is 18.0 Å². The molecule has 178 valence electrons. The summed E-state index contributed by atoms with van der Waals surface area (Å²) >= 11 is 0. The summed E-state index contributed by atoms with van der Waals surface area (Å²) in [4.78, 5) is 24.6. The number of aryl methyl sites for hydroxylation is 1. The van der Waals surface area contributed by atoms with Crippen molar-refractivity contribution < 1.29 is 22.8 Å². The van der Waals surface area contributed by atoms with Crippen LogP contribution in [-0.2, 0) is 15.8 Å². The van der Waals surface area contributed by atoms with Gasteiger partial charge in [-0.2, -0.15) is 18.3 Å². The fraction of sp³-hybridized carbons (Fsp3) is 0.115. The van der Waals surface area contributed by atoms with Crippen LogP contribution in [0.4, 0.5) is 18.9 Å². The minimum absolute atomic E-state index is 0.00634. The number of hydrazone groups is 1. The molecular weight excluding hydrogens is 457 g/mol. The summed E-state index contributed by atoms with van der Waals surface area (Å²) in [5, 5.41) is 8.08. The van der Waals surface area contributed by atoms with Gasteiger partial charge in [-0.25, -0.2) is 5.43 Å². The molecule has 0 atom stereocenters. The maximum absolute atomic E-state index is 13.5. The van der Waals surface area contributed by atoms with E-state index in [4.69, 9.17) is 0 Å². The third-order valence-electron chi connectivity index (χ3n) is 5.53. The third-order valence-corrected chi connectivity index (χ3v) is 5.53. The molecule has 0 saturated carbocycles. The van der Waals surface area contributed by atoms with Gasteiger partial charge < -0.3 is 9.88 Å². The van der Waals surface area contributed by atoms with E-state index < -0.39 is 23.6 Å². The lowest BCUT2D eigenvalue weighted by Crippen LogP contribution is -2.32. The number of carbonyl (C=O) groups excluding carboxylic acids is 2. The zero-order valence-electron chi connectivity index (χ0n) is 18.9. The number of halogens is 3. The summed E-state index contributed by atoms with van der Waals surface area (Å²) in [6.07, 6.45) is -3.22. The zero-order chi connectivity index (χ0) is 25.2. The molecule has 2 N–H and O–H groups in total. The Morgan fingerprint density at radius 1 is 0.914 bits per heavy atom. The number of benzene rings is 3. The van der Waals surface area contributed by atoms with Crippen LogP contribution in [0.1, 0.15) is 22.5 Å². The van der Waals surface area contributed by atoms with Crippen molar-refractivity contribution in [2.75, 3.05) is 5.32 Å². The summed E-state index contributed by atoms with van der Waals surface area (Å²) in [5.41, 5.74) is 3.43. The van der Waals surface area contributed by atoms with E-state index in [0.29, 0.717) is 22.6 Å². The topological polar surface area (TPSA) is 75.5 Å². The number of rotatable bonds is 4. The molecule has 2 amide bonds. The summed E-state index contributed by atoms with van der Waals surface area (Å²) < 4.78 is 41.9. The van der Waals surface area contributed by atoms with Gasteiger partial charge in [-0.15, -0.1) is 0 Å². The van der Waals surface area contributed by atoms with Crippen molar-refractivity contribution in [3.63, 3.8) is 0 Å². The van der Waals surface area contributed by atoms with Crippen molar-refractivity contribution in [1.29, 1.82) is 0 Å². The van der Waals surface area contributed by atoms with Gasteiger partial charge in [-0.05, 0) is 43.5 Å². The SMILES string of the molecule is Cc1cc(/C=N/NC(=O)C(=O)Nc2cccc3ccccc23)c(C)n1-c1ccccc1C(F)(F)F. The smallest absolute Gasteiger partial charge is 0.317 e. The van der Waals surface area contributed by atoms with Crippen LogP contribution in [0.2, 0.25) is 0 Å². The summed E-state index contributed by atoms with van der Waals surface area (Å²) in [6.45, 7) is 3.32. The van der Waals surface area contributed by atoms with Gasteiger partial charge in [0.05, 0.1) is 17.5 Å². The fourth-order valence-corrected chi connectivity index (χ4v) is 3.92. The number of nitrogens with one attached hydrogen (secondary N) is 2. The quantitative estimate of drug-likeness (QED) is 0.236. The number of nitrogens with zero attached hydrogens (tertiary/aromatic N) is 2. The highest BCUT2D eigenvalue weighted by Gasteiger charge is 2.34. The molecule has 1 aromatic heterocycles. The first kappa shape index (κ1) is 23.7.